The predicted octanol–water partition coefficient (Wildman–Crippen LogP) is 3.90. The topological polar surface area (TPSA) is 86.4 Å². The normalized spacial score (nSPS) is 19.4. The van der Waals surface area contributed by atoms with E-state index in [4.69, 9.17) is 0 Å². The average molecular weight is 629 g/mol. The molecule has 0 fully saturated rings. The van der Waals surface area contributed by atoms with Crippen molar-refractivity contribution < 1.29 is 13.2 Å². The van der Waals surface area contributed by atoms with Gasteiger partial charge in [-0.1, -0.05) is 68.9 Å². The van der Waals surface area contributed by atoms with Crippen LogP contribution < -0.4 is 4.90 Å². The number of aromatic amines is 1. The van der Waals surface area contributed by atoms with Gasteiger partial charge in [-0.25, -0.2) is 13.4 Å². The number of imidazole rings is 1. The maximum atomic E-state index is 13.5. The Hall–Kier alpha value is -1.76. The number of sulfonamides is 1. The van der Waals surface area contributed by atoms with Gasteiger partial charge in [-0.05, 0) is 35.7 Å². The number of carbonyl (C=O) groups is 1. The predicted molar refractivity (Wildman–Crippen MR) is 136 cm³/mol. The van der Waals surface area contributed by atoms with Gasteiger partial charge in [0.25, 0.3) is 0 Å². The largest absolute Gasteiger partial charge is 0.348 e. The summed E-state index contributed by atoms with van der Waals surface area (Å²) in [4.78, 5) is 22.2. The molecule has 10 heteroatoms. The van der Waals surface area contributed by atoms with Crippen molar-refractivity contribution >= 4 is 60.1 Å². The van der Waals surface area contributed by atoms with Gasteiger partial charge in [0.05, 0.1) is 25.0 Å². The summed E-state index contributed by atoms with van der Waals surface area (Å²) in [6, 6.07) is 15.0. The maximum absolute atomic E-state index is 13.5. The summed E-state index contributed by atoms with van der Waals surface area (Å²) in [5, 5.41) is 0. The molecule has 2 heterocycles. The van der Waals surface area contributed by atoms with E-state index < -0.39 is 20.1 Å². The third-order valence-corrected chi connectivity index (χ3v) is 8.57. The van der Waals surface area contributed by atoms with E-state index in [1.54, 1.807) is 17.4 Å². The molecule has 0 spiro atoms. The Morgan fingerprint density at radius 2 is 2.00 bits per heavy atom. The van der Waals surface area contributed by atoms with Crippen LogP contribution in [0.1, 0.15) is 16.8 Å². The van der Waals surface area contributed by atoms with Crippen molar-refractivity contribution in [3.63, 3.8) is 0 Å². The van der Waals surface area contributed by atoms with E-state index in [2.05, 4.69) is 48.5 Å². The second-order valence-corrected chi connectivity index (χ2v) is 11.9. The smallest absolute Gasteiger partial charge is 0.233 e. The number of nitrogens with one attached hydrogen (secondary N) is 1. The molecular weight excluding hydrogens is 607 g/mol. The SMILES string of the molecule is CS(=O)(=O)N1Cc2cc(Br)ccc2N(C(=O)Cc2cnc[nH]2)C(I)C1Cc1ccccc1. The van der Waals surface area contributed by atoms with Crippen LogP contribution in [0.3, 0.4) is 0 Å². The van der Waals surface area contributed by atoms with Crippen LogP contribution in [0.5, 0.6) is 0 Å². The maximum Gasteiger partial charge on any atom is 0.233 e. The highest BCUT2D eigenvalue weighted by atomic mass is 127. The summed E-state index contributed by atoms with van der Waals surface area (Å²) >= 11 is 5.70. The third kappa shape index (κ3) is 5.08. The molecule has 1 aliphatic heterocycles. The lowest BCUT2D eigenvalue weighted by molar-refractivity contribution is -0.118. The molecule has 0 saturated carbocycles. The lowest BCUT2D eigenvalue weighted by Gasteiger charge is -2.35. The summed E-state index contributed by atoms with van der Waals surface area (Å²) in [6.45, 7) is 0.193. The number of nitrogens with zero attached hydrogens (tertiary/aromatic N) is 3. The van der Waals surface area contributed by atoms with Crippen LogP contribution in [0.15, 0.2) is 65.5 Å². The first-order valence-corrected chi connectivity index (χ1v) is 13.9. The molecule has 0 saturated heterocycles. The van der Waals surface area contributed by atoms with Crippen LogP contribution in [0, 0.1) is 0 Å². The molecule has 0 radical (unpaired) electrons. The summed E-state index contributed by atoms with van der Waals surface area (Å²) in [7, 11) is -3.55. The number of rotatable bonds is 5. The fraction of sp³-hybridized carbons (Fsp3) is 0.273. The fourth-order valence-corrected chi connectivity index (χ4v) is 6.90. The number of alkyl halides is 1. The lowest BCUT2D eigenvalue weighted by Crippen LogP contribution is -2.51. The van der Waals surface area contributed by atoms with E-state index in [9.17, 15) is 13.2 Å². The Balaban J connectivity index is 1.81. The molecule has 2 unspecified atom stereocenters. The summed E-state index contributed by atoms with van der Waals surface area (Å²) < 4.78 is 27.7. The van der Waals surface area contributed by atoms with E-state index in [-0.39, 0.29) is 18.9 Å². The van der Waals surface area contributed by atoms with Crippen molar-refractivity contribution in [2.75, 3.05) is 11.2 Å². The Morgan fingerprint density at radius 3 is 2.66 bits per heavy atom. The number of amides is 1. The van der Waals surface area contributed by atoms with E-state index >= 15 is 0 Å². The minimum absolute atomic E-state index is 0.120. The lowest BCUT2D eigenvalue weighted by atomic mass is 10.1. The van der Waals surface area contributed by atoms with Gasteiger partial charge in [-0.3, -0.25) is 9.69 Å². The number of benzene rings is 2. The average Bonchev–Trinajstić information content (AvgIpc) is 3.21. The van der Waals surface area contributed by atoms with Gasteiger partial charge >= 0.3 is 0 Å². The zero-order valence-electron chi connectivity index (χ0n) is 17.3. The molecular formula is C22H22BrIN4O3S. The van der Waals surface area contributed by atoms with Crippen molar-refractivity contribution in [3.8, 4) is 0 Å². The molecule has 2 aromatic carbocycles. The molecule has 1 N–H and O–H groups in total. The Morgan fingerprint density at radius 1 is 1.25 bits per heavy atom. The molecule has 1 aromatic heterocycles. The van der Waals surface area contributed by atoms with Gasteiger partial charge in [0.1, 0.15) is 4.05 Å². The number of aromatic nitrogens is 2. The molecule has 4 rings (SSSR count). The standard InChI is InChI=1S/C22H22BrIN4O3S/c1-32(30,31)27-13-16-10-17(23)7-8-19(16)28(21(29)11-18-12-25-14-26-18)22(24)20(27)9-15-5-3-2-4-6-15/h2-8,10,12,14,20,22H,9,11,13H2,1H3,(H,25,26). The molecule has 1 aliphatic rings. The molecule has 168 valence electrons. The first-order chi connectivity index (χ1) is 15.2. The van der Waals surface area contributed by atoms with Gasteiger partial charge in [0.15, 0.2) is 0 Å². The zero-order chi connectivity index (χ0) is 22.9. The van der Waals surface area contributed by atoms with Crippen LogP contribution >= 0.6 is 38.5 Å². The summed E-state index contributed by atoms with van der Waals surface area (Å²) in [5.74, 6) is -0.120. The van der Waals surface area contributed by atoms with E-state index in [1.807, 2.05) is 48.5 Å². The molecule has 0 aliphatic carbocycles. The summed E-state index contributed by atoms with van der Waals surface area (Å²) in [6.07, 6.45) is 5.04. The van der Waals surface area contributed by atoms with Crippen molar-refractivity contribution in [3.05, 3.63) is 82.3 Å². The minimum atomic E-state index is -3.55. The number of halogens is 2. The fourth-order valence-electron chi connectivity index (χ4n) is 3.96. The van der Waals surface area contributed by atoms with Crippen LogP contribution in [0.4, 0.5) is 5.69 Å². The first kappa shape index (κ1) is 23.4. The Labute approximate surface area is 209 Å². The monoisotopic (exact) mass is 628 g/mol. The van der Waals surface area contributed by atoms with Gasteiger partial charge < -0.3 is 4.98 Å². The van der Waals surface area contributed by atoms with Gasteiger partial charge in [-0.15, -0.1) is 0 Å². The van der Waals surface area contributed by atoms with Gasteiger partial charge in [0.2, 0.25) is 15.9 Å². The highest BCUT2D eigenvalue weighted by Crippen LogP contribution is 2.37. The number of anilines is 1. The van der Waals surface area contributed by atoms with E-state index in [1.165, 1.54) is 10.6 Å². The quantitative estimate of drug-likeness (QED) is 0.264. The number of hydrogen-bond donors (Lipinski definition) is 1. The molecule has 1 amide bonds. The highest BCUT2D eigenvalue weighted by molar-refractivity contribution is 14.1. The minimum Gasteiger partial charge on any atom is -0.348 e. The number of fused-ring (bicyclic) bond motifs is 1. The molecule has 3 aromatic rings. The van der Waals surface area contributed by atoms with Crippen molar-refractivity contribution in [2.24, 2.45) is 0 Å². The van der Waals surface area contributed by atoms with Crippen molar-refractivity contribution in [2.45, 2.75) is 29.5 Å². The second-order valence-electron chi connectivity index (χ2n) is 7.73. The van der Waals surface area contributed by atoms with E-state index in [0.717, 1.165) is 21.3 Å². The van der Waals surface area contributed by atoms with Crippen LogP contribution in [0.2, 0.25) is 0 Å². The summed E-state index contributed by atoms with van der Waals surface area (Å²) in [5.41, 5.74) is 3.23. The number of carbonyl (C=O) groups excluding carboxylic acids is 1. The molecule has 7 nitrogen and oxygen atoms in total. The first-order valence-electron chi connectivity index (χ1n) is 9.96. The van der Waals surface area contributed by atoms with Gasteiger partial charge in [-0.2, -0.15) is 4.31 Å². The second kappa shape index (κ2) is 9.62. The highest BCUT2D eigenvalue weighted by Gasteiger charge is 2.41. The number of H-pyrrole nitrogens is 1. The van der Waals surface area contributed by atoms with E-state index in [0.29, 0.717) is 12.1 Å². The van der Waals surface area contributed by atoms with Crippen molar-refractivity contribution in [1.82, 2.24) is 14.3 Å². The van der Waals surface area contributed by atoms with Crippen LogP contribution in [-0.4, -0.2) is 44.9 Å². The third-order valence-electron chi connectivity index (χ3n) is 5.44. The van der Waals surface area contributed by atoms with Gasteiger partial charge in [0, 0.05) is 28.6 Å². The van der Waals surface area contributed by atoms with Crippen LogP contribution in [-0.2, 0) is 34.2 Å². The van der Waals surface area contributed by atoms with Crippen molar-refractivity contribution in [1.29, 1.82) is 0 Å². The Kier molecular flexibility index (Phi) is 7.03. The zero-order valence-corrected chi connectivity index (χ0v) is 21.8. The van der Waals surface area contributed by atoms with Crippen LogP contribution in [0.25, 0.3) is 0 Å². The molecule has 2 atom stereocenters. The Bertz CT molecular complexity index is 1210. The molecule has 0 bridgehead atoms. The number of hydrogen-bond acceptors (Lipinski definition) is 4. The molecule has 32 heavy (non-hydrogen) atoms.